The van der Waals surface area contributed by atoms with Gasteiger partial charge in [-0.05, 0) is 50.2 Å². The molecule has 1 saturated heterocycles. The van der Waals surface area contributed by atoms with Gasteiger partial charge < -0.3 is 10.2 Å². The molecule has 0 bridgehead atoms. The van der Waals surface area contributed by atoms with Gasteiger partial charge in [0.05, 0.1) is 5.56 Å². The molecule has 7 nitrogen and oxygen atoms in total. The van der Waals surface area contributed by atoms with Crippen molar-refractivity contribution < 1.29 is 14.0 Å². The molecule has 1 saturated carbocycles. The summed E-state index contributed by atoms with van der Waals surface area (Å²) in [7, 11) is 0. The highest BCUT2D eigenvalue weighted by Gasteiger charge is 2.45. The molecule has 27 heavy (non-hydrogen) atoms. The van der Waals surface area contributed by atoms with Gasteiger partial charge in [-0.15, -0.1) is 0 Å². The number of carbonyl (C=O) groups excluding carboxylic acids is 2. The number of hydrogen-bond donors (Lipinski definition) is 1. The van der Waals surface area contributed by atoms with Crippen LogP contribution in [0.2, 0.25) is 0 Å². The molecule has 1 spiro atoms. The van der Waals surface area contributed by atoms with Crippen molar-refractivity contribution in [3.05, 3.63) is 42.1 Å². The van der Waals surface area contributed by atoms with E-state index in [2.05, 4.69) is 15.4 Å². The molecule has 1 aliphatic carbocycles. The highest BCUT2D eigenvalue weighted by molar-refractivity contribution is 5.97. The zero-order valence-corrected chi connectivity index (χ0v) is 15.2. The minimum atomic E-state index is -0.667. The van der Waals surface area contributed by atoms with E-state index >= 15 is 0 Å². The Balaban J connectivity index is 1.38. The minimum Gasteiger partial charge on any atom is -0.341 e. The summed E-state index contributed by atoms with van der Waals surface area (Å²) in [4.78, 5) is 30.8. The van der Waals surface area contributed by atoms with E-state index in [0.717, 1.165) is 32.0 Å². The lowest BCUT2D eigenvalue weighted by atomic mass is 9.93. The zero-order valence-electron chi connectivity index (χ0n) is 15.2. The fraction of sp³-hybridized carbons (Fsp3) is 0.474. The lowest BCUT2D eigenvalue weighted by Crippen LogP contribution is -2.49. The lowest BCUT2D eigenvalue weighted by molar-refractivity contribution is -0.134. The number of nitrogens with zero attached hydrogens (tertiary/aromatic N) is 4. The average molecular weight is 371 g/mol. The quantitative estimate of drug-likeness (QED) is 0.891. The first-order chi connectivity index (χ1) is 13.0. The molecule has 0 aromatic carbocycles. The number of carbonyl (C=O) groups is 2. The molecule has 3 heterocycles. The Hall–Kier alpha value is -2.77. The number of nitrogens with one attached hydrogen (secondary N) is 1. The third kappa shape index (κ3) is 3.56. The van der Waals surface area contributed by atoms with Crippen LogP contribution in [-0.2, 0) is 4.79 Å². The van der Waals surface area contributed by atoms with E-state index < -0.39 is 17.8 Å². The van der Waals surface area contributed by atoms with Crippen molar-refractivity contribution in [1.82, 2.24) is 25.0 Å². The van der Waals surface area contributed by atoms with E-state index in [9.17, 15) is 14.0 Å². The summed E-state index contributed by atoms with van der Waals surface area (Å²) in [6.45, 7) is 3.14. The van der Waals surface area contributed by atoms with Crippen molar-refractivity contribution in [2.45, 2.75) is 38.6 Å². The Bertz CT molecular complexity index is 853. The Kier molecular flexibility index (Phi) is 4.41. The summed E-state index contributed by atoms with van der Waals surface area (Å²) in [5.74, 6) is -1.26. The van der Waals surface area contributed by atoms with Crippen molar-refractivity contribution in [3.63, 3.8) is 0 Å². The van der Waals surface area contributed by atoms with E-state index in [0.29, 0.717) is 5.41 Å². The summed E-state index contributed by atoms with van der Waals surface area (Å²) >= 11 is 0. The van der Waals surface area contributed by atoms with Crippen LogP contribution < -0.4 is 5.32 Å². The molecule has 2 aromatic heterocycles. The predicted octanol–water partition coefficient (Wildman–Crippen LogP) is 1.93. The Labute approximate surface area is 156 Å². The zero-order chi connectivity index (χ0) is 19.0. The van der Waals surface area contributed by atoms with Crippen LogP contribution in [0.25, 0.3) is 5.82 Å². The summed E-state index contributed by atoms with van der Waals surface area (Å²) < 4.78 is 15.5. The van der Waals surface area contributed by atoms with E-state index in [-0.39, 0.29) is 17.3 Å². The fourth-order valence-electron chi connectivity index (χ4n) is 3.61. The van der Waals surface area contributed by atoms with Crippen molar-refractivity contribution in [2.24, 2.45) is 5.41 Å². The van der Waals surface area contributed by atoms with Crippen LogP contribution in [0.15, 0.2) is 30.7 Å². The molecule has 2 fully saturated rings. The molecule has 0 unspecified atom stereocenters. The highest BCUT2D eigenvalue weighted by atomic mass is 19.1. The molecule has 1 N–H and O–H groups in total. The molecule has 2 amide bonds. The number of aromatic nitrogens is 3. The first-order valence-corrected chi connectivity index (χ1v) is 9.23. The van der Waals surface area contributed by atoms with Gasteiger partial charge in [-0.3, -0.25) is 9.59 Å². The average Bonchev–Trinajstić information content (AvgIpc) is 3.19. The number of piperidine rings is 1. The third-order valence-electron chi connectivity index (χ3n) is 5.62. The van der Waals surface area contributed by atoms with E-state index in [1.165, 1.54) is 29.9 Å². The number of hydrogen-bond acceptors (Lipinski definition) is 4. The maximum Gasteiger partial charge on any atom is 0.253 e. The number of likely N-dealkylation sites (tertiary alicyclic amines) is 1. The molecule has 1 aliphatic heterocycles. The summed E-state index contributed by atoms with van der Waals surface area (Å²) in [6, 6.07) is 2.09. The molecule has 142 valence electrons. The summed E-state index contributed by atoms with van der Waals surface area (Å²) in [6.07, 6.45) is 9.00. The van der Waals surface area contributed by atoms with Gasteiger partial charge in [0.2, 0.25) is 5.91 Å². The van der Waals surface area contributed by atoms with Crippen LogP contribution in [-0.4, -0.2) is 50.6 Å². The second kappa shape index (κ2) is 6.75. The van der Waals surface area contributed by atoms with E-state index in [4.69, 9.17) is 0 Å². The van der Waals surface area contributed by atoms with Crippen molar-refractivity contribution in [3.8, 4) is 5.82 Å². The highest BCUT2D eigenvalue weighted by Crippen LogP contribution is 2.53. The van der Waals surface area contributed by atoms with Crippen LogP contribution >= 0.6 is 0 Å². The van der Waals surface area contributed by atoms with Gasteiger partial charge in [0.25, 0.3) is 5.91 Å². The van der Waals surface area contributed by atoms with E-state index in [1.807, 2.05) is 4.90 Å². The second-order valence-corrected chi connectivity index (χ2v) is 7.50. The van der Waals surface area contributed by atoms with Crippen LogP contribution in [0.1, 0.15) is 43.0 Å². The molecule has 8 heteroatoms. The summed E-state index contributed by atoms with van der Waals surface area (Å²) in [5, 5.41) is 6.58. The lowest BCUT2D eigenvalue weighted by Gasteiger charge is -2.33. The predicted molar refractivity (Wildman–Crippen MR) is 95.7 cm³/mol. The Morgan fingerprint density at radius 3 is 2.59 bits per heavy atom. The standard InChI is InChI=1S/C19H22FN5O2/c1-13(18(27)24-9-5-19(3-4-19)6-10-24)23-17(26)14-11-15(20)16(21-12-14)25-8-2-7-22-25/h2,7-8,11-13H,3-6,9-10H2,1H3,(H,23,26)/t13-/m1/s1. The topological polar surface area (TPSA) is 80.1 Å². The van der Waals surface area contributed by atoms with Crippen molar-refractivity contribution >= 4 is 11.8 Å². The third-order valence-corrected chi connectivity index (χ3v) is 5.62. The van der Waals surface area contributed by atoms with Crippen LogP contribution in [0.4, 0.5) is 4.39 Å². The number of amides is 2. The van der Waals surface area contributed by atoms with Crippen LogP contribution in [0.5, 0.6) is 0 Å². The van der Waals surface area contributed by atoms with Gasteiger partial charge in [0.1, 0.15) is 6.04 Å². The monoisotopic (exact) mass is 371 g/mol. The molecule has 2 aromatic rings. The van der Waals surface area contributed by atoms with Crippen LogP contribution in [0.3, 0.4) is 0 Å². The number of pyridine rings is 1. The van der Waals surface area contributed by atoms with Gasteiger partial charge >= 0.3 is 0 Å². The largest absolute Gasteiger partial charge is 0.341 e. The number of rotatable bonds is 4. The number of halogens is 1. The molecule has 2 aliphatic rings. The second-order valence-electron chi connectivity index (χ2n) is 7.50. The smallest absolute Gasteiger partial charge is 0.253 e. The minimum absolute atomic E-state index is 0.0167. The molecular formula is C19H22FN5O2. The SMILES string of the molecule is C[C@@H](NC(=O)c1cnc(-n2cccn2)c(F)c1)C(=O)N1CCC2(CC1)CC2. The normalized spacial score (nSPS) is 19.0. The van der Waals surface area contributed by atoms with E-state index in [1.54, 1.807) is 19.2 Å². The van der Waals surface area contributed by atoms with Crippen LogP contribution in [0, 0.1) is 11.2 Å². The van der Waals surface area contributed by atoms with Gasteiger partial charge in [0, 0.05) is 31.7 Å². The maximum absolute atomic E-state index is 14.3. The van der Waals surface area contributed by atoms with Gasteiger partial charge in [0.15, 0.2) is 11.6 Å². The fourth-order valence-corrected chi connectivity index (χ4v) is 3.61. The van der Waals surface area contributed by atoms with Crippen molar-refractivity contribution in [2.75, 3.05) is 13.1 Å². The van der Waals surface area contributed by atoms with Gasteiger partial charge in [-0.25, -0.2) is 14.1 Å². The first-order valence-electron chi connectivity index (χ1n) is 9.23. The molecule has 4 rings (SSSR count). The Morgan fingerprint density at radius 1 is 1.26 bits per heavy atom. The van der Waals surface area contributed by atoms with Crippen molar-refractivity contribution in [1.29, 1.82) is 0 Å². The molecule has 1 atom stereocenters. The maximum atomic E-state index is 14.3. The van der Waals surface area contributed by atoms with Gasteiger partial charge in [-0.2, -0.15) is 5.10 Å². The molecule has 0 radical (unpaired) electrons. The summed E-state index contributed by atoms with van der Waals surface area (Å²) in [5.41, 5.74) is 0.557. The molecular weight excluding hydrogens is 349 g/mol. The Morgan fingerprint density at radius 2 is 2.00 bits per heavy atom. The first kappa shape index (κ1) is 17.6. The van der Waals surface area contributed by atoms with Gasteiger partial charge in [-0.1, -0.05) is 0 Å².